The molecule has 0 aromatic carbocycles. The van der Waals surface area contributed by atoms with Crippen molar-refractivity contribution in [3.05, 3.63) is 0 Å². The maximum atomic E-state index is 12.5. The molecule has 1 aliphatic heterocycles. The predicted octanol–water partition coefficient (Wildman–Crippen LogP) is 9.78. The van der Waals surface area contributed by atoms with Gasteiger partial charge >= 0.3 is 23.9 Å². The van der Waals surface area contributed by atoms with E-state index in [9.17, 15) is 24.3 Å². The maximum Gasteiger partial charge on any atom is 0.347 e. The molecule has 0 spiro atoms. The van der Waals surface area contributed by atoms with E-state index >= 15 is 0 Å². The predicted molar refractivity (Wildman–Crippen MR) is 211 cm³/mol. The highest BCUT2D eigenvalue weighted by atomic mass is 16.6. The number of rotatable bonds is 9. The van der Waals surface area contributed by atoms with E-state index in [1.165, 1.54) is 38.5 Å². The van der Waals surface area contributed by atoms with Gasteiger partial charge in [-0.2, -0.15) is 0 Å². The zero-order valence-corrected chi connectivity index (χ0v) is 34.1. The summed E-state index contributed by atoms with van der Waals surface area (Å²) in [7, 11) is 0. The molecule has 54 heavy (non-hydrogen) atoms. The van der Waals surface area contributed by atoms with E-state index in [0.717, 1.165) is 50.4 Å². The van der Waals surface area contributed by atoms with Gasteiger partial charge in [-0.25, -0.2) is 4.79 Å². The standard InChI is InChI=1S/C17H28O2.C16H26O3.C10H16O4.2CH4/c1-5-16(2,3)15(18)19-17(4)13-7-11-6-12(9-13)10-14(17)8-11;1-4-14(2,3)13(17)19-16-8-11-5-12(9-16)7-15(18,6-11)10-16;1-4-10(2,3)9(12)14-7-5-6-13-8(7)11;;/h11-14H,5-10H2,1-4H3;11-12,18H,4-10H2,1-3H3;7H,4-6H2,1-3H3;2*1H4. The van der Waals surface area contributed by atoms with Crippen LogP contribution in [0.4, 0.5) is 0 Å². The lowest BCUT2D eigenvalue weighted by molar-refractivity contribution is -0.225. The molecule has 312 valence electrons. The second kappa shape index (κ2) is 16.7. The molecular formula is C45H78O9. The van der Waals surface area contributed by atoms with Crippen LogP contribution in [0, 0.1) is 51.8 Å². The summed E-state index contributed by atoms with van der Waals surface area (Å²) in [5.41, 5.74) is -2.35. The van der Waals surface area contributed by atoms with Crippen molar-refractivity contribution in [2.45, 2.75) is 203 Å². The highest BCUT2D eigenvalue weighted by Gasteiger charge is 2.60. The molecule has 1 heterocycles. The second-order valence-electron chi connectivity index (χ2n) is 20.2. The average molecular weight is 763 g/mol. The Morgan fingerprint density at radius 3 is 1.52 bits per heavy atom. The minimum Gasteiger partial charge on any atom is -0.463 e. The lowest BCUT2D eigenvalue weighted by atomic mass is 9.50. The largest absolute Gasteiger partial charge is 0.463 e. The van der Waals surface area contributed by atoms with E-state index in [1.807, 2.05) is 41.5 Å². The van der Waals surface area contributed by atoms with Gasteiger partial charge in [-0.1, -0.05) is 35.6 Å². The molecule has 3 atom stereocenters. The van der Waals surface area contributed by atoms with Gasteiger partial charge in [0.2, 0.25) is 6.10 Å². The number of carbonyl (C=O) groups is 4. The molecule has 9 aliphatic rings. The zero-order valence-electron chi connectivity index (χ0n) is 34.1. The molecule has 9 heteroatoms. The molecule has 1 N–H and O–H groups in total. The zero-order chi connectivity index (χ0) is 38.5. The topological polar surface area (TPSA) is 125 Å². The van der Waals surface area contributed by atoms with Crippen molar-refractivity contribution in [3.8, 4) is 0 Å². The first-order valence-corrected chi connectivity index (χ1v) is 20.6. The summed E-state index contributed by atoms with van der Waals surface area (Å²) in [6, 6.07) is 0. The Balaban J connectivity index is 0.000000217. The van der Waals surface area contributed by atoms with E-state index in [-0.39, 0.29) is 49.4 Å². The Labute approximate surface area is 328 Å². The Kier molecular flexibility index (Phi) is 14.3. The van der Waals surface area contributed by atoms with E-state index in [1.54, 1.807) is 13.8 Å². The fraction of sp³-hybridized carbons (Fsp3) is 0.911. The van der Waals surface area contributed by atoms with Gasteiger partial charge < -0.3 is 24.1 Å². The van der Waals surface area contributed by atoms with Crippen molar-refractivity contribution >= 4 is 23.9 Å². The summed E-state index contributed by atoms with van der Waals surface area (Å²) in [5, 5.41) is 10.6. The molecule has 0 radical (unpaired) electrons. The SMILES string of the molecule is C.C.CCC(C)(C)C(=O)OC1(C)C2CC3CC(C2)CC1C3.CCC(C)(C)C(=O)OC12CC3CC(CC(O)(C3)C1)C2.CCC(C)(C)C(=O)OC1CCOC1=O. The Bertz CT molecular complexity index is 1300. The van der Waals surface area contributed by atoms with Crippen molar-refractivity contribution in [1.29, 1.82) is 0 Å². The van der Waals surface area contributed by atoms with Crippen LogP contribution in [0.1, 0.15) is 180 Å². The minimum atomic E-state index is -0.687. The molecule has 9 rings (SSSR count). The highest BCUT2D eigenvalue weighted by molar-refractivity contribution is 5.82. The lowest BCUT2D eigenvalue weighted by Gasteiger charge is -2.59. The number of aliphatic hydroxyl groups is 1. The highest BCUT2D eigenvalue weighted by Crippen LogP contribution is 2.60. The summed E-state index contributed by atoms with van der Waals surface area (Å²) in [6.45, 7) is 20.1. The summed E-state index contributed by atoms with van der Waals surface area (Å²) in [4.78, 5) is 47.4. The molecule has 0 aromatic heterocycles. The van der Waals surface area contributed by atoms with Crippen molar-refractivity contribution in [2.24, 2.45) is 51.8 Å². The van der Waals surface area contributed by atoms with Crippen LogP contribution in [-0.2, 0) is 38.1 Å². The Morgan fingerprint density at radius 1 is 0.685 bits per heavy atom. The van der Waals surface area contributed by atoms with Crippen LogP contribution >= 0.6 is 0 Å². The quantitative estimate of drug-likeness (QED) is 0.181. The molecule has 9 fully saturated rings. The van der Waals surface area contributed by atoms with Crippen LogP contribution in [0.3, 0.4) is 0 Å². The third kappa shape index (κ3) is 9.68. The van der Waals surface area contributed by atoms with Gasteiger partial charge in [0.15, 0.2) is 0 Å². The number of ether oxygens (including phenoxy) is 4. The van der Waals surface area contributed by atoms with E-state index in [4.69, 9.17) is 18.9 Å². The molecule has 9 nitrogen and oxygen atoms in total. The Morgan fingerprint density at radius 2 is 1.11 bits per heavy atom. The molecule has 1 saturated heterocycles. The summed E-state index contributed by atoms with van der Waals surface area (Å²) in [6.07, 6.45) is 14.4. The molecule has 8 bridgehead atoms. The van der Waals surface area contributed by atoms with Crippen molar-refractivity contribution < 1.29 is 43.2 Å². The van der Waals surface area contributed by atoms with Crippen molar-refractivity contribution in [1.82, 2.24) is 0 Å². The smallest absolute Gasteiger partial charge is 0.347 e. The third-order valence-corrected chi connectivity index (χ3v) is 14.8. The molecule has 3 unspecified atom stereocenters. The molecule has 0 amide bonds. The average Bonchev–Trinajstić information content (AvgIpc) is 3.46. The van der Waals surface area contributed by atoms with Gasteiger partial charge in [-0.15, -0.1) is 0 Å². The van der Waals surface area contributed by atoms with Crippen LogP contribution in [0.5, 0.6) is 0 Å². The normalized spacial score (nSPS) is 36.9. The van der Waals surface area contributed by atoms with Crippen LogP contribution in [0.25, 0.3) is 0 Å². The number of hydrogen-bond donors (Lipinski definition) is 1. The van der Waals surface area contributed by atoms with E-state index in [2.05, 4.69) is 13.8 Å². The number of carbonyl (C=O) groups excluding carboxylic acids is 4. The van der Waals surface area contributed by atoms with Crippen LogP contribution in [0.2, 0.25) is 0 Å². The van der Waals surface area contributed by atoms with Gasteiger partial charge in [0.05, 0.1) is 28.5 Å². The molecule has 0 aromatic rings. The third-order valence-electron chi connectivity index (χ3n) is 14.8. The van der Waals surface area contributed by atoms with Gasteiger partial charge in [-0.3, -0.25) is 14.4 Å². The van der Waals surface area contributed by atoms with E-state index < -0.39 is 28.5 Å². The van der Waals surface area contributed by atoms with Crippen LogP contribution in [-0.4, -0.2) is 58.5 Å². The second-order valence-corrected chi connectivity index (χ2v) is 20.2. The maximum absolute atomic E-state index is 12.5. The first kappa shape index (κ1) is 46.2. The molecule has 8 aliphatic carbocycles. The minimum absolute atomic E-state index is 0. The number of cyclic esters (lactones) is 1. The lowest BCUT2D eigenvalue weighted by Crippen LogP contribution is -2.61. The van der Waals surface area contributed by atoms with E-state index in [0.29, 0.717) is 49.5 Å². The van der Waals surface area contributed by atoms with Gasteiger partial charge in [-0.05, 0) is 167 Å². The summed E-state index contributed by atoms with van der Waals surface area (Å²) < 4.78 is 21.9. The Hall–Kier alpha value is -2.16. The van der Waals surface area contributed by atoms with Crippen molar-refractivity contribution in [2.75, 3.05) is 6.61 Å². The fourth-order valence-corrected chi connectivity index (χ4v) is 10.5. The van der Waals surface area contributed by atoms with Gasteiger partial charge in [0.25, 0.3) is 0 Å². The summed E-state index contributed by atoms with van der Waals surface area (Å²) >= 11 is 0. The van der Waals surface area contributed by atoms with Gasteiger partial charge in [0, 0.05) is 12.8 Å². The van der Waals surface area contributed by atoms with Gasteiger partial charge in [0.1, 0.15) is 11.2 Å². The van der Waals surface area contributed by atoms with Crippen molar-refractivity contribution in [3.63, 3.8) is 0 Å². The van der Waals surface area contributed by atoms with Crippen LogP contribution in [0.15, 0.2) is 0 Å². The fourth-order valence-electron chi connectivity index (χ4n) is 10.5. The summed E-state index contributed by atoms with van der Waals surface area (Å²) in [5.74, 6) is 3.40. The molecule has 8 saturated carbocycles. The first-order chi connectivity index (χ1) is 24.1. The number of hydrogen-bond acceptors (Lipinski definition) is 9. The number of esters is 4. The van der Waals surface area contributed by atoms with Crippen LogP contribution < -0.4 is 0 Å². The molecular weight excluding hydrogens is 684 g/mol. The first-order valence-electron chi connectivity index (χ1n) is 20.6. The monoisotopic (exact) mass is 763 g/mol.